The highest BCUT2D eigenvalue weighted by Crippen LogP contribution is 2.32. The van der Waals surface area contributed by atoms with E-state index in [1.165, 1.54) is 0 Å². The molecule has 0 radical (unpaired) electrons. The topological polar surface area (TPSA) is 75.4 Å². The molecule has 0 bridgehead atoms. The van der Waals surface area contributed by atoms with Gasteiger partial charge in [0.15, 0.2) is 0 Å². The molecule has 1 saturated carbocycles. The number of nitrogens with two attached hydrogens (primary N) is 1. The van der Waals surface area contributed by atoms with Crippen molar-refractivity contribution >= 4 is 11.8 Å². The summed E-state index contributed by atoms with van der Waals surface area (Å²) in [6, 6.07) is 0. The number of carbonyl (C=O) groups excluding carboxylic acids is 2. The number of carbonyl (C=O) groups is 2. The van der Waals surface area contributed by atoms with E-state index in [-0.39, 0.29) is 29.6 Å². The average molecular weight is 295 g/mol. The molecule has 1 aliphatic carbocycles. The maximum absolute atomic E-state index is 12.6. The second-order valence-electron chi connectivity index (χ2n) is 6.62. The van der Waals surface area contributed by atoms with Crippen molar-refractivity contribution in [3.8, 4) is 0 Å². The Morgan fingerprint density at radius 1 is 1.14 bits per heavy atom. The molecule has 2 rings (SSSR count). The van der Waals surface area contributed by atoms with Crippen LogP contribution >= 0.6 is 0 Å². The number of rotatable bonds is 5. The standard InChI is InChI=1S/C16H29N3O2/c1-12(10-17)11-18-15(20)13-6-2-3-7-14(13)16(21)19-8-4-5-9-19/h12-14H,2-11,17H2,1H3,(H,18,20). The van der Waals surface area contributed by atoms with Crippen molar-refractivity contribution < 1.29 is 9.59 Å². The molecular weight excluding hydrogens is 266 g/mol. The van der Waals surface area contributed by atoms with Gasteiger partial charge in [0.1, 0.15) is 0 Å². The van der Waals surface area contributed by atoms with Gasteiger partial charge in [-0.25, -0.2) is 0 Å². The van der Waals surface area contributed by atoms with E-state index >= 15 is 0 Å². The lowest BCUT2D eigenvalue weighted by molar-refractivity contribution is -0.142. The molecule has 3 unspecified atom stereocenters. The molecule has 0 spiro atoms. The van der Waals surface area contributed by atoms with Crippen molar-refractivity contribution in [2.24, 2.45) is 23.5 Å². The fourth-order valence-corrected chi connectivity index (χ4v) is 3.40. The first-order chi connectivity index (χ1) is 10.1. The van der Waals surface area contributed by atoms with Gasteiger partial charge in [-0.15, -0.1) is 0 Å². The summed E-state index contributed by atoms with van der Waals surface area (Å²) >= 11 is 0. The van der Waals surface area contributed by atoms with E-state index in [1.54, 1.807) is 0 Å². The quantitative estimate of drug-likeness (QED) is 0.798. The number of hydrogen-bond acceptors (Lipinski definition) is 3. The highest BCUT2D eigenvalue weighted by atomic mass is 16.2. The van der Waals surface area contributed by atoms with Crippen LogP contribution in [0.3, 0.4) is 0 Å². The van der Waals surface area contributed by atoms with Crippen molar-refractivity contribution in [1.82, 2.24) is 10.2 Å². The number of likely N-dealkylation sites (tertiary alicyclic amines) is 1. The van der Waals surface area contributed by atoms with E-state index in [1.807, 2.05) is 11.8 Å². The number of hydrogen-bond donors (Lipinski definition) is 2. The first kappa shape index (κ1) is 16.3. The van der Waals surface area contributed by atoms with Crippen LogP contribution in [-0.2, 0) is 9.59 Å². The van der Waals surface area contributed by atoms with Crippen molar-refractivity contribution in [3.05, 3.63) is 0 Å². The summed E-state index contributed by atoms with van der Waals surface area (Å²) in [5.41, 5.74) is 5.58. The molecule has 1 saturated heterocycles. The number of nitrogens with zero attached hydrogens (tertiary/aromatic N) is 1. The molecule has 0 aromatic carbocycles. The van der Waals surface area contributed by atoms with Gasteiger partial charge in [0.2, 0.25) is 11.8 Å². The third-order valence-corrected chi connectivity index (χ3v) is 4.86. The zero-order valence-electron chi connectivity index (χ0n) is 13.1. The molecule has 21 heavy (non-hydrogen) atoms. The van der Waals surface area contributed by atoms with Gasteiger partial charge in [0.05, 0.1) is 0 Å². The summed E-state index contributed by atoms with van der Waals surface area (Å²) in [6.07, 6.45) is 6.02. The lowest BCUT2D eigenvalue weighted by Crippen LogP contribution is -2.45. The van der Waals surface area contributed by atoms with Crippen LogP contribution in [-0.4, -0.2) is 42.9 Å². The summed E-state index contributed by atoms with van der Waals surface area (Å²) < 4.78 is 0. The Labute approximate surface area is 127 Å². The summed E-state index contributed by atoms with van der Waals surface area (Å²) in [4.78, 5) is 27.0. The van der Waals surface area contributed by atoms with Gasteiger partial charge in [0, 0.05) is 31.5 Å². The van der Waals surface area contributed by atoms with Gasteiger partial charge in [-0.2, -0.15) is 0 Å². The molecule has 3 atom stereocenters. The van der Waals surface area contributed by atoms with E-state index in [4.69, 9.17) is 5.73 Å². The normalized spacial score (nSPS) is 27.4. The lowest BCUT2D eigenvalue weighted by Gasteiger charge is -2.32. The first-order valence-corrected chi connectivity index (χ1v) is 8.40. The minimum Gasteiger partial charge on any atom is -0.356 e. The summed E-state index contributed by atoms with van der Waals surface area (Å²) in [6.45, 7) is 4.94. The van der Waals surface area contributed by atoms with Crippen LogP contribution in [0, 0.1) is 17.8 Å². The third kappa shape index (κ3) is 4.19. The number of nitrogens with one attached hydrogen (secondary N) is 1. The van der Waals surface area contributed by atoms with Crippen LogP contribution in [0.5, 0.6) is 0 Å². The Balaban J connectivity index is 1.94. The Kier molecular flexibility index (Phi) is 6.03. The van der Waals surface area contributed by atoms with Gasteiger partial charge >= 0.3 is 0 Å². The van der Waals surface area contributed by atoms with Crippen LogP contribution in [0.1, 0.15) is 45.4 Å². The number of amides is 2. The molecule has 2 amide bonds. The van der Waals surface area contributed by atoms with Crippen LogP contribution in [0.25, 0.3) is 0 Å². The lowest BCUT2D eigenvalue weighted by atomic mass is 9.77. The highest BCUT2D eigenvalue weighted by molar-refractivity contribution is 5.88. The van der Waals surface area contributed by atoms with Gasteiger partial charge < -0.3 is 16.0 Å². The molecule has 2 aliphatic rings. The second-order valence-corrected chi connectivity index (χ2v) is 6.62. The van der Waals surface area contributed by atoms with Gasteiger partial charge in [0.25, 0.3) is 0 Å². The minimum absolute atomic E-state index is 0.0487. The maximum atomic E-state index is 12.6. The Hall–Kier alpha value is -1.10. The Morgan fingerprint density at radius 2 is 1.76 bits per heavy atom. The van der Waals surface area contributed by atoms with E-state index in [9.17, 15) is 9.59 Å². The molecular formula is C16H29N3O2. The largest absolute Gasteiger partial charge is 0.356 e. The van der Waals surface area contributed by atoms with Crippen molar-refractivity contribution in [2.75, 3.05) is 26.2 Å². The SMILES string of the molecule is CC(CN)CNC(=O)C1CCCCC1C(=O)N1CCCC1. The Bertz CT molecular complexity index is 367. The van der Waals surface area contributed by atoms with Crippen LogP contribution in [0.2, 0.25) is 0 Å². The molecule has 120 valence electrons. The molecule has 1 aliphatic heterocycles. The van der Waals surface area contributed by atoms with Crippen molar-refractivity contribution in [1.29, 1.82) is 0 Å². The maximum Gasteiger partial charge on any atom is 0.226 e. The van der Waals surface area contributed by atoms with E-state index < -0.39 is 0 Å². The minimum atomic E-state index is -0.142. The van der Waals surface area contributed by atoms with Crippen LogP contribution in [0.15, 0.2) is 0 Å². The van der Waals surface area contributed by atoms with E-state index in [2.05, 4.69) is 5.32 Å². The van der Waals surface area contributed by atoms with Gasteiger partial charge in [-0.05, 0) is 38.1 Å². The molecule has 1 heterocycles. The van der Waals surface area contributed by atoms with Gasteiger partial charge in [-0.1, -0.05) is 19.8 Å². The fourth-order valence-electron chi connectivity index (χ4n) is 3.40. The molecule has 2 fully saturated rings. The predicted octanol–water partition coefficient (Wildman–Crippen LogP) is 1.13. The highest BCUT2D eigenvalue weighted by Gasteiger charge is 2.38. The first-order valence-electron chi connectivity index (χ1n) is 8.40. The molecule has 3 N–H and O–H groups in total. The smallest absolute Gasteiger partial charge is 0.226 e. The van der Waals surface area contributed by atoms with Crippen LogP contribution in [0.4, 0.5) is 0 Å². The van der Waals surface area contributed by atoms with E-state index in [0.29, 0.717) is 13.1 Å². The summed E-state index contributed by atoms with van der Waals surface area (Å²) in [5, 5.41) is 2.99. The zero-order chi connectivity index (χ0) is 15.2. The van der Waals surface area contributed by atoms with E-state index in [0.717, 1.165) is 51.6 Å². The van der Waals surface area contributed by atoms with Crippen LogP contribution < -0.4 is 11.1 Å². The predicted molar refractivity (Wildman–Crippen MR) is 82.5 cm³/mol. The molecule has 5 heteroatoms. The average Bonchev–Trinajstić information content (AvgIpc) is 3.05. The van der Waals surface area contributed by atoms with Crippen molar-refractivity contribution in [2.45, 2.75) is 45.4 Å². The zero-order valence-corrected chi connectivity index (χ0v) is 13.1. The summed E-state index contributed by atoms with van der Waals surface area (Å²) in [5.74, 6) is 0.291. The molecule has 5 nitrogen and oxygen atoms in total. The monoisotopic (exact) mass is 295 g/mol. The molecule has 0 aromatic rings. The summed E-state index contributed by atoms with van der Waals surface area (Å²) in [7, 11) is 0. The Morgan fingerprint density at radius 3 is 2.38 bits per heavy atom. The third-order valence-electron chi connectivity index (χ3n) is 4.86. The van der Waals surface area contributed by atoms with Crippen molar-refractivity contribution in [3.63, 3.8) is 0 Å². The molecule has 0 aromatic heterocycles. The van der Waals surface area contributed by atoms with Gasteiger partial charge in [-0.3, -0.25) is 9.59 Å². The second kappa shape index (κ2) is 7.78. The fraction of sp³-hybridized carbons (Fsp3) is 0.875.